The molecule has 1 aliphatic heterocycles. The molecule has 8 heteroatoms. The van der Waals surface area contributed by atoms with Gasteiger partial charge in [-0.15, -0.1) is 0 Å². The fourth-order valence-corrected chi connectivity index (χ4v) is 4.31. The van der Waals surface area contributed by atoms with E-state index < -0.39 is 11.6 Å². The van der Waals surface area contributed by atoms with E-state index in [1.807, 2.05) is 31.2 Å². The van der Waals surface area contributed by atoms with Crippen LogP contribution in [0.2, 0.25) is 0 Å². The summed E-state index contributed by atoms with van der Waals surface area (Å²) in [6.07, 6.45) is 6.10. The molecule has 0 radical (unpaired) electrons. The lowest BCUT2D eigenvalue weighted by Gasteiger charge is -2.20. The predicted octanol–water partition coefficient (Wildman–Crippen LogP) is 6.59. The molecule has 3 aromatic heterocycles. The van der Waals surface area contributed by atoms with E-state index in [-0.39, 0.29) is 10.9 Å². The van der Waals surface area contributed by atoms with Crippen molar-refractivity contribution in [1.82, 2.24) is 15.0 Å². The maximum absolute atomic E-state index is 15.1. The summed E-state index contributed by atoms with van der Waals surface area (Å²) in [5.74, 6) is -1.38. The Balaban J connectivity index is 1.74. The number of anilines is 2. The first-order valence-corrected chi connectivity index (χ1v) is 11.2. The van der Waals surface area contributed by atoms with E-state index in [4.69, 9.17) is 4.74 Å². The number of nitrogens with zero attached hydrogens (tertiary/aromatic N) is 3. The number of aromatic nitrogens is 3. The van der Waals surface area contributed by atoms with Crippen LogP contribution in [0, 0.1) is 18.6 Å². The summed E-state index contributed by atoms with van der Waals surface area (Å²) in [5, 5.41) is 3.60. The molecule has 0 saturated heterocycles. The van der Waals surface area contributed by atoms with Crippen LogP contribution in [0.15, 0.2) is 59.3 Å². The molecule has 0 saturated carbocycles. The average Bonchev–Trinajstić information content (AvgIpc) is 2.82. The van der Waals surface area contributed by atoms with Crippen molar-refractivity contribution < 1.29 is 13.5 Å². The topological polar surface area (TPSA) is 59.9 Å². The summed E-state index contributed by atoms with van der Waals surface area (Å²) in [6.45, 7) is 2.97. The van der Waals surface area contributed by atoms with Crippen molar-refractivity contribution >= 4 is 43.8 Å². The molecule has 4 heterocycles. The second kappa shape index (κ2) is 8.96. The van der Waals surface area contributed by atoms with Crippen LogP contribution in [0.5, 0.6) is 0 Å². The molecule has 0 fully saturated rings. The third-order valence-corrected chi connectivity index (χ3v) is 5.97. The van der Waals surface area contributed by atoms with Gasteiger partial charge in [0.25, 0.3) is 0 Å². The fourth-order valence-electron chi connectivity index (χ4n) is 3.98. The molecule has 1 aliphatic rings. The van der Waals surface area contributed by atoms with Gasteiger partial charge in [-0.2, -0.15) is 0 Å². The van der Waals surface area contributed by atoms with Crippen molar-refractivity contribution in [3.8, 4) is 11.4 Å². The maximum atomic E-state index is 15.1. The predicted molar refractivity (Wildman–Crippen MR) is 128 cm³/mol. The van der Waals surface area contributed by atoms with Crippen molar-refractivity contribution in [3.05, 3.63) is 82.2 Å². The van der Waals surface area contributed by atoms with Gasteiger partial charge in [-0.25, -0.2) is 13.8 Å². The zero-order valence-corrected chi connectivity index (χ0v) is 19.3. The minimum Gasteiger partial charge on any atom is -0.377 e. The molecule has 1 aromatic carbocycles. The van der Waals surface area contributed by atoms with Gasteiger partial charge in [0.15, 0.2) is 0 Å². The van der Waals surface area contributed by atoms with Crippen molar-refractivity contribution in [1.29, 1.82) is 0 Å². The smallest absolute Gasteiger partial charge is 0.137 e. The summed E-state index contributed by atoms with van der Waals surface area (Å²) < 4.78 is 35.4. The molecule has 0 bridgehead atoms. The van der Waals surface area contributed by atoms with E-state index >= 15 is 4.39 Å². The lowest BCUT2D eigenvalue weighted by molar-refractivity contribution is 0.161. The molecule has 1 N–H and O–H groups in total. The maximum Gasteiger partial charge on any atom is 0.137 e. The zero-order valence-electron chi connectivity index (χ0n) is 17.7. The van der Waals surface area contributed by atoms with Crippen molar-refractivity contribution in [2.75, 3.05) is 18.5 Å². The molecular weight excluding hydrogens is 490 g/mol. The highest BCUT2D eigenvalue weighted by atomic mass is 79.9. The van der Waals surface area contributed by atoms with Crippen LogP contribution in [0.1, 0.15) is 17.7 Å². The summed E-state index contributed by atoms with van der Waals surface area (Å²) in [6, 6.07) is 9.47. The van der Waals surface area contributed by atoms with Crippen molar-refractivity contribution in [3.63, 3.8) is 0 Å². The Bertz CT molecular complexity index is 1390. The molecule has 5 nitrogen and oxygen atoms in total. The Kier molecular flexibility index (Phi) is 5.86. The molecule has 5 rings (SSSR count). The van der Waals surface area contributed by atoms with Gasteiger partial charge < -0.3 is 10.1 Å². The van der Waals surface area contributed by atoms with Crippen LogP contribution in [0.4, 0.5) is 20.2 Å². The van der Waals surface area contributed by atoms with Gasteiger partial charge >= 0.3 is 0 Å². The number of pyridine rings is 3. The first-order valence-electron chi connectivity index (χ1n) is 10.4. The number of ether oxygens (including phenoxy) is 1. The molecule has 166 valence electrons. The summed E-state index contributed by atoms with van der Waals surface area (Å²) in [5.41, 5.74) is 5.05. The summed E-state index contributed by atoms with van der Waals surface area (Å²) in [4.78, 5) is 13.6. The number of fused-ring (bicyclic) bond motifs is 1. The zero-order chi connectivity index (χ0) is 22.9. The Hall–Kier alpha value is -3.23. The second-order valence-corrected chi connectivity index (χ2v) is 8.60. The Morgan fingerprint density at radius 3 is 2.73 bits per heavy atom. The third-order valence-electron chi connectivity index (χ3n) is 5.54. The van der Waals surface area contributed by atoms with Gasteiger partial charge in [0.05, 0.1) is 52.6 Å². The van der Waals surface area contributed by atoms with Crippen LogP contribution < -0.4 is 5.32 Å². The lowest BCUT2D eigenvalue weighted by Crippen LogP contribution is -2.08. The fraction of sp³-hybridized carbons (Fsp3) is 0.160. The van der Waals surface area contributed by atoms with Gasteiger partial charge in [-0.05, 0) is 53.0 Å². The summed E-state index contributed by atoms with van der Waals surface area (Å²) >= 11 is 3.48. The van der Waals surface area contributed by atoms with Gasteiger partial charge in [0.1, 0.15) is 11.6 Å². The number of benzene rings is 1. The highest BCUT2D eigenvalue weighted by Crippen LogP contribution is 2.38. The van der Waals surface area contributed by atoms with E-state index in [2.05, 4.69) is 36.2 Å². The molecule has 0 spiro atoms. The largest absolute Gasteiger partial charge is 0.377 e. The number of rotatable bonds is 4. The van der Waals surface area contributed by atoms with Crippen LogP contribution in [0.25, 0.3) is 27.9 Å². The van der Waals surface area contributed by atoms with Gasteiger partial charge in [0.2, 0.25) is 0 Å². The molecule has 0 aliphatic carbocycles. The van der Waals surface area contributed by atoms with Crippen LogP contribution in [0.3, 0.4) is 0 Å². The molecule has 0 unspecified atom stereocenters. The average molecular weight is 509 g/mol. The highest BCUT2D eigenvalue weighted by molar-refractivity contribution is 9.10. The number of hydrogen-bond donors (Lipinski definition) is 1. The Morgan fingerprint density at radius 1 is 1.09 bits per heavy atom. The van der Waals surface area contributed by atoms with Crippen LogP contribution in [-0.2, 0) is 4.74 Å². The number of halogens is 3. The standard InChI is InChI=1S/C25H19BrF2N4O/c1-14-23(19-4-2-3-7-29-19)31-20-12-17(27)11-18(28)22(20)24(14)32-21-10-16(26)13-30-25(21)15-5-8-33-9-6-15/h2-5,7,10-13H,6,8-9H2,1H3,(H,31,32). The quantitative estimate of drug-likeness (QED) is 0.337. The van der Waals surface area contributed by atoms with Crippen molar-refractivity contribution in [2.45, 2.75) is 13.3 Å². The Labute approximate surface area is 197 Å². The van der Waals surface area contributed by atoms with E-state index in [1.165, 1.54) is 6.07 Å². The van der Waals surface area contributed by atoms with Crippen molar-refractivity contribution in [2.24, 2.45) is 0 Å². The number of hydrogen-bond acceptors (Lipinski definition) is 5. The first kappa shape index (κ1) is 21.6. The van der Waals surface area contributed by atoms with E-state index in [0.717, 1.165) is 28.2 Å². The number of nitrogens with one attached hydrogen (secondary N) is 1. The van der Waals surface area contributed by atoms with Gasteiger partial charge in [0, 0.05) is 34.6 Å². The van der Waals surface area contributed by atoms with Crippen LogP contribution >= 0.6 is 15.9 Å². The van der Waals surface area contributed by atoms with E-state index in [0.29, 0.717) is 41.5 Å². The minimum atomic E-state index is -0.689. The molecular formula is C25H19BrF2N4O. The second-order valence-electron chi connectivity index (χ2n) is 7.69. The van der Waals surface area contributed by atoms with Gasteiger partial charge in [-0.1, -0.05) is 12.1 Å². The molecule has 0 atom stereocenters. The Morgan fingerprint density at radius 2 is 1.97 bits per heavy atom. The molecule has 0 amide bonds. The monoisotopic (exact) mass is 508 g/mol. The molecule has 4 aromatic rings. The highest BCUT2D eigenvalue weighted by Gasteiger charge is 2.21. The lowest BCUT2D eigenvalue weighted by atomic mass is 10.0. The normalized spacial score (nSPS) is 13.8. The van der Waals surface area contributed by atoms with E-state index in [9.17, 15) is 4.39 Å². The van der Waals surface area contributed by atoms with Crippen LogP contribution in [-0.4, -0.2) is 28.2 Å². The minimum absolute atomic E-state index is 0.205. The van der Waals surface area contributed by atoms with Gasteiger partial charge in [-0.3, -0.25) is 9.97 Å². The molecule has 33 heavy (non-hydrogen) atoms. The first-order chi connectivity index (χ1) is 16.0. The van der Waals surface area contributed by atoms with E-state index in [1.54, 1.807) is 18.5 Å². The third kappa shape index (κ3) is 4.24. The summed E-state index contributed by atoms with van der Waals surface area (Å²) in [7, 11) is 0. The SMILES string of the molecule is Cc1c(-c2ccccn2)nc2cc(F)cc(F)c2c1Nc1cc(Br)cnc1C1=CCOCC1.